The van der Waals surface area contributed by atoms with E-state index in [-0.39, 0.29) is 22.2 Å². The lowest BCUT2D eigenvalue weighted by atomic mass is 9.48. The molecule has 0 spiro atoms. The Bertz CT molecular complexity index is 1390. The minimum atomic E-state index is -0.518. The van der Waals surface area contributed by atoms with E-state index < -0.39 is 5.63 Å². The molecule has 0 saturated heterocycles. The number of fused-ring (bicyclic) bond motifs is 7. The Morgan fingerprint density at radius 3 is 2.59 bits per heavy atom. The standard InChI is InChI=1S/C30H29NO3/c1-17-4-6-18(7-5-17)27-22-15-25-21-9-8-19-14-20(32)10-12-29(19,2)24(21)11-13-30(25,3)26(22)23(16-31)28(33)34-27/h4-7,10,12,14,21,24-25H,8-9,11,13,15H2,1-3H3/t21-,24+,25+,29+,30+/m1/s1. The summed E-state index contributed by atoms with van der Waals surface area (Å²) in [7, 11) is 0. The summed E-state index contributed by atoms with van der Waals surface area (Å²) in [6.45, 7) is 6.61. The van der Waals surface area contributed by atoms with Gasteiger partial charge in [0.15, 0.2) is 5.78 Å². The summed E-state index contributed by atoms with van der Waals surface area (Å²) >= 11 is 0. The number of ketones is 1. The number of nitriles is 1. The third-order valence-corrected chi connectivity index (χ3v) is 9.59. The van der Waals surface area contributed by atoms with Crippen LogP contribution in [-0.4, -0.2) is 5.78 Å². The first-order valence-electron chi connectivity index (χ1n) is 12.4. The van der Waals surface area contributed by atoms with Gasteiger partial charge in [-0.3, -0.25) is 4.79 Å². The molecule has 2 saturated carbocycles. The van der Waals surface area contributed by atoms with Gasteiger partial charge < -0.3 is 4.42 Å². The van der Waals surface area contributed by atoms with Crippen molar-refractivity contribution in [3.8, 4) is 17.4 Å². The zero-order valence-electron chi connectivity index (χ0n) is 20.0. The summed E-state index contributed by atoms with van der Waals surface area (Å²) < 4.78 is 5.84. The molecule has 1 heterocycles. The lowest BCUT2D eigenvalue weighted by Crippen LogP contribution is -2.50. The molecule has 172 valence electrons. The van der Waals surface area contributed by atoms with Gasteiger partial charge in [-0.15, -0.1) is 0 Å². The summed E-state index contributed by atoms with van der Waals surface area (Å²) in [4.78, 5) is 25.1. The largest absolute Gasteiger partial charge is 0.421 e. The first kappa shape index (κ1) is 21.4. The lowest BCUT2D eigenvalue weighted by molar-refractivity contribution is -0.111. The van der Waals surface area contributed by atoms with Crippen LogP contribution in [0.15, 0.2) is 57.3 Å². The second-order valence-electron chi connectivity index (χ2n) is 11.2. The highest BCUT2D eigenvalue weighted by Crippen LogP contribution is 2.64. The number of allylic oxidation sites excluding steroid dienone is 4. The predicted molar refractivity (Wildman–Crippen MR) is 130 cm³/mol. The Labute approximate surface area is 200 Å². The van der Waals surface area contributed by atoms with Crippen molar-refractivity contribution in [2.24, 2.45) is 23.2 Å². The molecule has 4 aliphatic rings. The molecule has 2 fully saturated rings. The highest BCUT2D eigenvalue weighted by atomic mass is 16.4. The van der Waals surface area contributed by atoms with Gasteiger partial charge in [-0.1, -0.05) is 55.3 Å². The first-order valence-corrected chi connectivity index (χ1v) is 12.4. The van der Waals surface area contributed by atoms with Gasteiger partial charge in [-0.2, -0.15) is 5.26 Å². The number of carbonyl (C=O) groups excluding carboxylic acids is 1. The molecule has 1 aromatic carbocycles. The van der Waals surface area contributed by atoms with Crippen LogP contribution in [0.5, 0.6) is 0 Å². The molecule has 34 heavy (non-hydrogen) atoms. The van der Waals surface area contributed by atoms with Gasteiger partial charge in [0.25, 0.3) is 0 Å². The van der Waals surface area contributed by atoms with Crippen molar-refractivity contribution >= 4 is 5.78 Å². The summed E-state index contributed by atoms with van der Waals surface area (Å²) in [5.41, 5.74) is 4.68. The fourth-order valence-corrected chi connectivity index (χ4v) is 7.86. The first-order chi connectivity index (χ1) is 16.3. The molecule has 4 aliphatic carbocycles. The van der Waals surface area contributed by atoms with Crippen molar-refractivity contribution in [3.05, 3.63) is 80.7 Å². The number of aryl methyl sites for hydroxylation is 1. The Morgan fingerprint density at radius 1 is 1.09 bits per heavy atom. The van der Waals surface area contributed by atoms with E-state index in [1.807, 2.05) is 37.3 Å². The minimum Gasteiger partial charge on any atom is -0.421 e. The smallest absolute Gasteiger partial charge is 0.354 e. The molecule has 0 bridgehead atoms. The van der Waals surface area contributed by atoms with E-state index in [9.17, 15) is 14.9 Å². The zero-order chi connectivity index (χ0) is 23.8. The van der Waals surface area contributed by atoms with E-state index in [2.05, 4.69) is 26.0 Å². The molecule has 0 amide bonds. The Balaban J connectivity index is 1.49. The van der Waals surface area contributed by atoms with E-state index in [1.165, 1.54) is 5.57 Å². The van der Waals surface area contributed by atoms with Crippen LogP contribution in [0.4, 0.5) is 0 Å². The predicted octanol–water partition coefficient (Wildman–Crippen LogP) is 5.81. The van der Waals surface area contributed by atoms with Crippen LogP contribution in [0.25, 0.3) is 11.3 Å². The van der Waals surface area contributed by atoms with Crippen molar-refractivity contribution in [3.63, 3.8) is 0 Å². The number of nitrogens with zero attached hydrogens (tertiary/aromatic N) is 1. The van der Waals surface area contributed by atoms with Crippen LogP contribution in [-0.2, 0) is 16.6 Å². The molecular formula is C30H29NO3. The normalized spacial score (nSPS) is 33.3. The number of hydrogen-bond acceptors (Lipinski definition) is 4. The Kier molecular flexibility index (Phi) is 4.49. The second-order valence-corrected chi connectivity index (χ2v) is 11.2. The van der Waals surface area contributed by atoms with Gasteiger partial charge in [0.1, 0.15) is 17.4 Å². The minimum absolute atomic E-state index is 0.0845. The third kappa shape index (κ3) is 2.76. The molecule has 4 nitrogen and oxygen atoms in total. The SMILES string of the molecule is Cc1ccc(-c2oc(=O)c(C#N)c3c2C[C@H]2[C@@H]4CCC5=CC(=O)C=C[C@]5(C)[C@H]4CC[C@]32C)cc1. The Hall–Kier alpha value is -3.19. The molecular weight excluding hydrogens is 422 g/mol. The molecule has 0 aliphatic heterocycles. The summed E-state index contributed by atoms with van der Waals surface area (Å²) in [5, 5.41) is 9.98. The fourth-order valence-electron chi connectivity index (χ4n) is 7.86. The topological polar surface area (TPSA) is 71.1 Å². The average molecular weight is 452 g/mol. The van der Waals surface area contributed by atoms with Crippen LogP contribution in [0.1, 0.15) is 61.8 Å². The van der Waals surface area contributed by atoms with Crippen molar-refractivity contribution in [1.82, 2.24) is 0 Å². The molecule has 4 heteroatoms. The Morgan fingerprint density at radius 2 is 1.85 bits per heavy atom. The fraction of sp³-hybridized carbons (Fsp3) is 0.433. The molecule has 0 radical (unpaired) electrons. The summed E-state index contributed by atoms with van der Waals surface area (Å²) in [5.74, 6) is 2.02. The van der Waals surface area contributed by atoms with Gasteiger partial charge in [-0.25, -0.2) is 4.79 Å². The second kappa shape index (κ2) is 7.15. The van der Waals surface area contributed by atoms with E-state index in [0.29, 0.717) is 23.5 Å². The molecule has 2 aromatic rings. The van der Waals surface area contributed by atoms with Gasteiger partial charge >= 0.3 is 5.63 Å². The maximum atomic E-state index is 13.0. The third-order valence-electron chi connectivity index (χ3n) is 9.59. The highest BCUT2D eigenvalue weighted by molar-refractivity contribution is 6.01. The monoisotopic (exact) mass is 451 g/mol. The van der Waals surface area contributed by atoms with E-state index in [0.717, 1.165) is 54.4 Å². The zero-order valence-corrected chi connectivity index (χ0v) is 20.0. The van der Waals surface area contributed by atoms with Gasteiger partial charge in [-0.05, 0) is 79.9 Å². The summed E-state index contributed by atoms with van der Waals surface area (Å²) in [6, 6.07) is 10.3. The number of carbonyl (C=O) groups is 1. The van der Waals surface area contributed by atoms with E-state index in [1.54, 1.807) is 6.08 Å². The van der Waals surface area contributed by atoms with E-state index >= 15 is 0 Å². The number of benzene rings is 1. The molecule has 0 N–H and O–H groups in total. The van der Waals surface area contributed by atoms with Crippen LogP contribution >= 0.6 is 0 Å². The maximum absolute atomic E-state index is 13.0. The van der Waals surface area contributed by atoms with Crippen LogP contribution < -0.4 is 5.63 Å². The summed E-state index contributed by atoms with van der Waals surface area (Å²) in [6.07, 6.45) is 10.5. The quantitative estimate of drug-likeness (QED) is 0.549. The number of hydrogen-bond donors (Lipinski definition) is 0. The van der Waals surface area contributed by atoms with Crippen LogP contribution in [0.3, 0.4) is 0 Å². The van der Waals surface area contributed by atoms with Crippen molar-refractivity contribution < 1.29 is 9.21 Å². The molecule has 1 aromatic heterocycles. The van der Waals surface area contributed by atoms with E-state index in [4.69, 9.17) is 4.42 Å². The van der Waals surface area contributed by atoms with Crippen LogP contribution in [0.2, 0.25) is 0 Å². The van der Waals surface area contributed by atoms with Crippen molar-refractivity contribution in [2.75, 3.05) is 0 Å². The lowest BCUT2D eigenvalue weighted by Gasteiger charge is -2.56. The van der Waals surface area contributed by atoms with Gasteiger partial charge in [0.2, 0.25) is 0 Å². The van der Waals surface area contributed by atoms with Gasteiger partial charge in [0, 0.05) is 16.5 Å². The van der Waals surface area contributed by atoms with Gasteiger partial charge in [0.05, 0.1) is 0 Å². The van der Waals surface area contributed by atoms with Crippen molar-refractivity contribution in [1.29, 1.82) is 5.26 Å². The molecule has 5 atom stereocenters. The molecule has 6 rings (SSSR count). The average Bonchev–Trinajstić information content (AvgIpc) is 3.13. The van der Waals surface area contributed by atoms with Crippen LogP contribution in [0, 0.1) is 41.4 Å². The maximum Gasteiger partial charge on any atom is 0.354 e. The molecule has 0 unspecified atom stereocenters. The number of rotatable bonds is 1. The van der Waals surface area contributed by atoms with Crippen molar-refractivity contribution in [2.45, 2.75) is 58.3 Å². The highest BCUT2D eigenvalue weighted by Gasteiger charge is 2.58.